The molecule has 0 amide bonds. The summed E-state index contributed by atoms with van der Waals surface area (Å²) in [5, 5.41) is 1.22. The lowest BCUT2D eigenvalue weighted by molar-refractivity contribution is -0.137. The fourth-order valence-corrected chi connectivity index (χ4v) is 5.53. The number of ether oxygens (including phenoxy) is 2. The van der Waals surface area contributed by atoms with Crippen LogP contribution in [0.15, 0.2) is 40.3 Å². The first-order valence-electron chi connectivity index (χ1n) is 9.86. The first-order valence-corrected chi connectivity index (χ1v) is 11.7. The third-order valence-electron chi connectivity index (χ3n) is 5.54. The van der Waals surface area contributed by atoms with Crippen molar-refractivity contribution in [1.82, 2.24) is 9.55 Å². The lowest BCUT2D eigenvalue weighted by atomic mass is 9.90. The summed E-state index contributed by atoms with van der Waals surface area (Å²) in [7, 11) is 1.36. The molecule has 0 saturated heterocycles. The van der Waals surface area contributed by atoms with Crippen LogP contribution >= 0.6 is 23.1 Å². The topological polar surface area (TPSA) is 70.4 Å². The summed E-state index contributed by atoms with van der Waals surface area (Å²) in [5.74, 6) is -0.246. The maximum Gasteiger partial charge on any atom is 0.316 e. The van der Waals surface area contributed by atoms with E-state index in [0.29, 0.717) is 34.9 Å². The van der Waals surface area contributed by atoms with Gasteiger partial charge in [-0.1, -0.05) is 49.0 Å². The quantitative estimate of drug-likeness (QED) is 0.325. The van der Waals surface area contributed by atoms with Crippen LogP contribution in [0.1, 0.15) is 36.3 Å². The highest BCUT2D eigenvalue weighted by Gasteiger charge is 2.33. The largest absolute Gasteiger partial charge is 0.468 e. The van der Waals surface area contributed by atoms with Crippen LogP contribution in [0.2, 0.25) is 0 Å². The van der Waals surface area contributed by atoms with Gasteiger partial charge in [0.15, 0.2) is 5.16 Å². The van der Waals surface area contributed by atoms with Crippen LogP contribution in [0, 0.1) is 0 Å². The minimum atomic E-state index is -0.349. The van der Waals surface area contributed by atoms with Gasteiger partial charge in [0.25, 0.3) is 5.56 Å². The number of carbonyl (C=O) groups is 1. The van der Waals surface area contributed by atoms with E-state index in [0.717, 1.165) is 22.4 Å². The third kappa shape index (κ3) is 4.04. The first-order chi connectivity index (χ1) is 14.4. The number of hydrogen-bond donors (Lipinski definition) is 0. The van der Waals surface area contributed by atoms with Gasteiger partial charge in [0.1, 0.15) is 4.83 Å². The number of thiophene rings is 1. The molecule has 2 aromatic heterocycles. The Labute approximate surface area is 183 Å². The molecule has 0 bridgehead atoms. The van der Waals surface area contributed by atoms with Crippen molar-refractivity contribution in [2.75, 3.05) is 12.9 Å². The first kappa shape index (κ1) is 21.1. The van der Waals surface area contributed by atoms with Crippen molar-refractivity contribution >= 4 is 39.3 Å². The SMILES string of the molecule is CCC1(C)Cc2c(sc3nc(SCC(=O)OC)n(Cc4ccccc4)c(=O)c23)CO1. The second-order valence-electron chi connectivity index (χ2n) is 7.59. The molecule has 1 aromatic carbocycles. The Bertz CT molecular complexity index is 1140. The second kappa shape index (κ2) is 8.53. The Hall–Kier alpha value is -2.16. The molecule has 8 heteroatoms. The van der Waals surface area contributed by atoms with Gasteiger partial charge in [0, 0.05) is 11.3 Å². The molecule has 3 heterocycles. The Morgan fingerprint density at radius 2 is 2.13 bits per heavy atom. The summed E-state index contributed by atoms with van der Waals surface area (Å²) in [4.78, 5) is 31.9. The van der Waals surface area contributed by atoms with E-state index in [9.17, 15) is 9.59 Å². The van der Waals surface area contributed by atoms with E-state index in [1.165, 1.54) is 30.2 Å². The summed E-state index contributed by atoms with van der Waals surface area (Å²) in [6, 6.07) is 9.81. The van der Waals surface area contributed by atoms with Gasteiger partial charge in [0.05, 0.1) is 37.0 Å². The van der Waals surface area contributed by atoms with Crippen LogP contribution < -0.4 is 5.56 Å². The molecule has 0 N–H and O–H groups in total. The number of methoxy groups -OCH3 is 1. The van der Waals surface area contributed by atoms with Gasteiger partial charge < -0.3 is 9.47 Å². The van der Waals surface area contributed by atoms with Crippen molar-refractivity contribution in [3.8, 4) is 0 Å². The Morgan fingerprint density at radius 1 is 1.37 bits per heavy atom. The predicted molar refractivity (Wildman–Crippen MR) is 119 cm³/mol. The van der Waals surface area contributed by atoms with Crippen LogP contribution in [0.3, 0.4) is 0 Å². The summed E-state index contributed by atoms with van der Waals surface area (Å²) >= 11 is 2.75. The molecule has 0 radical (unpaired) electrons. The summed E-state index contributed by atoms with van der Waals surface area (Å²) in [5.41, 5.74) is 1.74. The minimum absolute atomic E-state index is 0.0610. The average molecular weight is 445 g/mol. The lowest BCUT2D eigenvalue weighted by Crippen LogP contribution is -2.34. The van der Waals surface area contributed by atoms with E-state index in [4.69, 9.17) is 14.5 Å². The molecule has 6 nitrogen and oxygen atoms in total. The molecular weight excluding hydrogens is 420 g/mol. The summed E-state index contributed by atoms with van der Waals surface area (Å²) in [6.07, 6.45) is 1.58. The smallest absolute Gasteiger partial charge is 0.316 e. The number of benzene rings is 1. The summed E-state index contributed by atoms with van der Waals surface area (Å²) in [6.45, 7) is 5.10. The van der Waals surface area contributed by atoms with Crippen LogP contribution in [-0.4, -0.2) is 34.0 Å². The number of hydrogen-bond acceptors (Lipinski definition) is 7. The van der Waals surface area contributed by atoms with Crippen molar-refractivity contribution in [2.24, 2.45) is 0 Å². The number of fused-ring (bicyclic) bond motifs is 3. The highest BCUT2D eigenvalue weighted by Crippen LogP contribution is 2.38. The molecule has 30 heavy (non-hydrogen) atoms. The normalized spacial score (nSPS) is 18.4. The molecule has 0 aliphatic carbocycles. The molecule has 3 aromatic rings. The molecule has 1 unspecified atom stereocenters. The number of esters is 1. The third-order valence-corrected chi connectivity index (χ3v) is 7.59. The number of rotatable bonds is 6. The van der Waals surface area contributed by atoms with E-state index in [1.54, 1.807) is 4.57 Å². The zero-order valence-corrected chi connectivity index (χ0v) is 18.9. The minimum Gasteiger partial charge on any atom is -0.468 e. The molecule has 0 spiro atoms. The van der Waals surface area contributed by atoms with E-state index < -0.39 is 0 Å². The van der Waals surface area contributed by atoms with Gasteiger partial charge >= 0.3 is 5.97 Å². The molecule has 1 atom stereocenters. The van der Waals surface area contributed by atoms with Crippen LogP contribution in [-0.2, 0) is 33.8 Å². The fraction of sp³-hybridized carbons (Fsp3) is 0.409. The van der Waals surface area contributed by atoms with Gasteiger partial charge in [-0.15, -0.1) is 11.3 Å². The number of carbonyl (C=O) groups excluding carboxylic acids is 1. The Morgan fingerprint density at radius 3 is 2.83 bits per heavy atom. The van der Waals surface area contributed by atoms with Gasteiger partial charge in [-0.25, -0.2) is 4.98 Å². The molecule has 0 saturated carbocycles. The van der Waals surface area contributed by atoms with E-state index in [-0.39, 0.29) is 22.9 Å². The van der Waals surface area contributed by atoms with Crippen molar-refractivity contribution in [2.45, 2.75) is 50.6 Å². The van der Waals surface area contributed by atoms with Crippen molar-refractivity contribution in [3.63, 3.8) is 0 Å². The number of aromatic nitrogens is 2. The molecule has 1 aliphatic heterocycles. The lowest BCUT2D eigenvalue weighted by Gasteiger charge is -2.32. The Kier molecular flexibility index (Phi) is 5.99. The van der Waals surface area contributed by atoms with E-state index in [1.807, 2.05) is 30.3 Å². The standard InChI is InChI=1S/C22H24N2O4S2/c1-4-22(2)10-15-16(12-28-22)30-19-18(15)20(26)24(11-14-8-6-5-7-9-14)21(23-19)29-13-17(25)27-3/h5-9H,4,10-13H2,1-3H3. The highest BCUT2D eigenvalue weighted by atomic mass is 32.2. The maximum absolute atomic E-state index is 13.7. The molecular formula is C22H24N2O4S2. The Balaban J connectivity index is 1.84. The molecule has 158 valence electrons. The molecule has 0 fully saturated rings. The number of nitrogens with zero attached hydrogens (tertiary/aromatic N) is 2. The predicted octanol–water partition coefficient (Wildman–Crippen LogP) is 4.01. The molecule has 4 rings (SSSR count). The zero-order valence-electron chi connectivity index (χ0n) is 17.3. The van der Waals surface area contributed by atoms with Crippen LogP contribution in [0.25, 0.3) is 10.2 Å². The zero-order chi connectivity index (χ0) is 21.3. The van der Waals surface area contributed by atoms with Crippen LogP contribution in [0.4, 0.5) is 0 Å². The second-order valence-corrected chi connectivity index (χ2v) is 9.62. The van der Waals surface area contributed by atoms with Crippen molar-refractivity contribution < 1.29 is 14.3 Å². The van der Waals surface area contributed by atoms with Crippen LogP contribution in [0.5, 0.6) is 0 Å². The maximum atomic E-state index is 13.7. The van der Waals surface area contributed by atoms with Crippen molar-refractivity contribution in [3.05, 3.63) is 56.7 Å². The number of thioether (sulfide) groups is 1. The van der Waals surface area contributed by atoms with Crippen molar-refractivity contribution in [1.29, 1.82) is 0 Å². The van der Waals surface area contributed by atoms with Gasteiger partial charge in [0.2, 0.25) is 0 Å². The highest BCUT2D eigenvalue weighted by molar-refractivity contribution is 7.99. The monoisotopic (exact) mass is 444 g/mol. The van der Waals surface area contributed by atoms with Gasteiger partial charge in [-0.3, -0.25) is 14.2 Å². The van der Waals surface area contributed by atoms with Gasteiger partial charge in [-0.2, -0.15) is 0 Å². The average Bonchev–Trinajstić information content (AvgIpc) is 3.12. The fourth-order valence-electron chi connectivity index (χ4n) is 3.56. The summed E-state index contributed by atoms with van der Waals surface area (Å²) < 4.78 is 12.5. The van der Waals surface area contributed by atoms with E-state index >= 15 is 0 Å². The van der Waals surface area contributed by atoms with Gasteiger partial charge in [-0.05, 0) is 24.5 Å². The molecule has 1 aliphatic rings. The van der Waals surface area contributed by atoms with E-state index in [2.05, 4.69) is 13.8 Å².